The lowest BCUT2D eigenvalue weighted by atomic mass is 10.1. The summed E-state index contributed by atoms with van der Waals surface area (Å²) < 4.78 is 16.2. The summed E-state index contributed by atoms with van der Waals surface area (Å²) in [6, 6.07) is 8.60. The molecule has 6 nitrogen and oxygen atoms in total. The SMILES string of the molecule is COOSc1ccc(Oc2cc(OC(C)C)cc(C(C)=O)c2)cn1. The van der Waals surface area contributed by atoms with E-state index < -0.39 is 0 Å². The largest absolute Gasteiger partial charge is 0.491 e. The zero-order valence-corrected chi connectivity index (χ0v) is 14.8. The lowest BCUT2D eigenvalue weighted by Gasteiger charge is -2.13. The number of nitrogens with zero attached hydrogens (tertiary/aromatic N) is 1. The van der Waals surface area contributed by atoms with Gasteiger partial charge in [0.2, 0.25) is 0 Å². The molecule has 0 fully saturated rings. The summed E-state index contributed by atoms with van der Waals surface area (Å²) in [5.41, 5.74) is 0.525. The number of carbonyl (C=O) groups excluding carboxylic acids is 1. The Morgan fingerprint density at radius 2 is 1.88 bits per heavy atom. The molecule has 1 heterocycles. The van der Waals surface area contributed by atoms with E-state index in [9.17, 15) is 4.79 Å². The van der Waals surface area contributed by atoms with Crippen LogP contribution in [0.1, 0.15) is 31.1 Å². The van der Waals surface area contributed by atoms with Crippen molar-refractivity contribution in [3.63, 3.8) is 0 Å². The van der Waals surface area contributed by atoms with Gasteiger partial charge in [-0.05, 0) is 45.0 Å². The minimum atomic E-state index is -0.0596. The Kier molecular flexibility index (Phi) is 6.60. The number of ether oxygens (including phenoxy) is 2. The first-order valence-electron chi connectivity index (χ1n) is 7.32. The van der Waals surface area contributed by atoms with E-state index in [1.807, 2.05) is 13.8 Å². The second kappa shape index (κ2) is 8.68. The van der Waals surface area contributed by atoms with Crippen molar-refractivity contribution >= 4 is 17.8 Å². The van der Waals surface area contributed by atoms with Crippen molar-refractivity contribution in [3.05, 3.63) is 42.1 Å². The van der Waals surface area contributed by atoms with Gasteiger partial charge in [-0.15, -0.1) is 0 Å². The maximum absolute atomic E-state index is 11.7. The topological polar surface area (TPSA) is 66.9 Å². The van der Waals surface area contributed by atoms with Gasteiger partial charge in [0.25, 0.3) is 0 Å². The van der Waals surface area contributed by atoms with Crippen LogP contribution in [0.15, 0.2) is 41.6 Å². The molecule has 0 aliphatic heterocycles. The van der Waals surface area contributed by atoms with Crippen LogP contribution in [-0.4, -0.2) is 24.0 Å². The standard InChI is InChI=1S/C17H19NO5S/c1-11(2)21-15-7-13(12(3)19)8-16(9-15)22-14-5-6-17(18-10-14)24-23-20-4/h5-11H,1-4H3. The summed E-state index contributed by atoms with van der Waals surface area (Å²) in [5, 5.41) is 0.630. The van der Waals surface area contributed by atoms with Gasteiger partial charge in [0.15, 0.2) is 5.78 Å². The van der Waals surface area contributed by atoms with Gasteiger partial charge >= 0.3 is 0 Å². The molecule has 24 heavy (non-hydrogen) atoms. The van der Waals surface area contributed by atoms with Crippen LogP contribution in [-0.2, 0) is 9.22 Å². The zero-order valence-electron chi connectivity index (χ0n) is 13.9. The molecular weight excluding hydrogens is 330 g/mol. The number of rotatable bonds is 8. The predicted molar refractivity (Wildman–Crippen MR) is 90.5 cm³/mol. The first-order valence-corrected chi connectivity index (χ1v) is 8.06. The first-order chi connectivity index (χ1) is 11.5. The molecule has 0 saturated carbocycles. The Balaban J connectivity index is 2.18. The highest BCUT2D eigenvalue weighted by Gasteiger charge is 2.09. The number of hydrogen-bond acceptors (Lipinski definition) is 7. The zero-order chi connectivity index (χ0) is 17.5. The molecule has 7 heteroatoms. The fraction of sp³-hybridized carbons (Fsp3) is 0.294. The third-order valence-electron chi connectivity index (χ3n) is 2.79. The van der Waals surface area contributed by atoms with E-state index in [0.29, 0.717) is 27.8 Å². The molecule has 2 aromatic rings. The van der Waals surface area contributed by atoms with Crippen LogP contribution in [0.5, 0.6) is 17.2 Å². The van der Waals surface area contributed by atoms with E-state index in [1.165, 1.54) is 14.0 Å². The molecule has 0 spiro atoms. The number of benzene rings is 1. The van der Waals surface area contributed by atoms with E-state index in [-0.39, 0.29) is 11.9 Å². The van der Waals surface area contributed by atoms with Gasteiger partial charge in [0, 0.05) is 11.6 Å². The molecule has 0 N–H and O–H groups in total. The number of ketones is 1. The number of carbonyl (C=O) groups is 1. The molecule has 0 aliphatic carbocycles. The quantitative estimate of drug-likeness (QED) is 0.302. The molecule has 1 aromatic heterocycles. The number of hydrogen-bond donors (Lipinski definition) is 0. The Morgan fingerprint density at radius 1 is 1.12 bits per heavy atom. The van der Waals surface area contributed by atoms with Crippen molar-refractivity contribution in [3.8, 4) is 17.2 Å². The van der Waals surface area contributed by atoms with Crippen molar-refractivity contribution in [1.82, 2.24) is 4.98 Å². The maximum atomic E-state index is 11.7. The van der Waals surface area contributed by atoms with Gasteiger partial charge in [-0.2, -0.15) is 4.33 Å². The molecular formula is C17H19NO5S. The summed E-state index contributed by atoms with van der Waals surface area (Å²) in [6.45, 7) is 5.34. The highest BCUT2D eigenvalue weighted by Crippen LogP contribution is 2.29. The third-order valence-corrected chi connectivity index (χ3v) is 3.41. The molecule has 0 amide bonds. The van der Waals surface area contributed by atoms with E-state index in [0.717, 1.165) is 12.0 Å². The van der Waals surface area contributed by atoms with Crippen molar-refractivity contribution in [1.29, 1.82) is 0 Å². The second-order valence-corrected chi connectivity index (χ2v) is 5.89. The Morgan fingerprint density at radius 3 is 2.46 bits per heavy atom. The molecule has 0 atom stereocenters. The Hall–Kier alpha value is -2.09. The highest BCUT2D eigenvalue weighted by molar-refractivity contribution is 7.94. The van der Waals surface area contributed by atoms with Gasteiger partial charge in [0.1, 0.15) is 22.3 Å². The van der Waals surface area contributed by atoms with Crippen LogP contribution < -0.4 is 9.47 Å². The van der Waals surface area contributed by atoms with Gasteiger partial charge in [-0.3, -0.25) is 4.79 Å². The van der Waals surface area contributed by atoms with Crippen LogP contribution in [0, 0.1) is 0 Å². The average Bonchev–Trinajstić information content (AvgIpc) is 2.53. The van der Waals surface area contributed by atoms with Gasteiger partial charge < -0.3 is 9.47 Å². The van der Waals surface area contributed by atoms with E-state index in [4.69, 9.17) is 13.8 Å². The summed E-state index contributed by atoms with van der Waals surface area (Å²) in [4.78, 5) is 20.4. The van der Waals surface area contributed by atoms with Crippen LogP contribution in [0.2, 0.25) is 0 Å². The third kappa shape index (κ3) is 5.52. The molecule has 0 unspecified atom stereocenters. The van der Waals surface area contributed by atoms with Crippen molar-refractivity contribution in [2.75, 3.05) is 7.11 Å². The molecule has 2 rings (SSSR count). The normalized spacial score (nSPS) is 10.7. The Bertz CT molecular complexity index is 688. The highest BCUT2D eigenvalue weighted by atomic mass is 32.2. The summed E-state index contributed by atoms with van der Waals surface area (Å²) >= 11 is 0.998. The van der Waals surface area contributed by atoms with Crippen molar-refractivity contribution in [2.45, 2.75) is 31.9 Å². The average molecular weight is 349 g/mol. The monoisotopic (exact) mass is 349 g/mol. The molecule has 128 valence electrons. The first kappa shape index (κ1) is 18.3. The predicted octanol–water partition coefficient (Wildman–Crippen LogP) is 4.45. The second-order valence-electron chi connectivity index (χ2n) is 5.17. The minimum absolute atomic E-state index is 0.00109. The Labute approximate surface area is 145 Å². The van der Waals surface area contributed by atoms with Crippen LogP contribution >= 0.6 is 12.0 Å². The number of pyridine rings is 1. The molecule has 0 aliphatic rings. The molecule has 1 aromatic carbocycles. The lowest BCUT2D eigenvalue weighted by Crippen LogP contribution is -2.06. The van der Waals surface area contributed by atoms with Gasteiger partial charge in [-0.1, -0.05) is 0 Å². The number of aromatic nitrogens is 1. The fourth-order valence-corrected chi connectivity index (χ4v) is 2.21. The summed E-state index contributed by atoms with van der Waals surface area (Å²) in [7, 11) is 1.42. The molecule has 0 radical (unpaired) electrons. The van der Waals surface area contributed by atoms with E-state index in [1.54, 1.807) is 36.5 Å². The smallest absolute Gasteiger partial charge is 0.160 e. The van der Waals surface area contributed by atoms with Crippen LogP contribution in [0.25, 0.3) is 0 Å². The lowest BCUT2D eigenvalue weighted by molar-refractivity contribution is -0.160. The minimum Gasteiger partial charge on any atom is -0.491 e. The molecule has 0 bridgehead atoms. The maximum Gasteiger partial charge on any atom is 0.160 e. The van der Waals surface area contributed by atoms with Gasteiger partial charge in [-0.25, -0.2) is 9.87 Å². The summed E-state index contributed by atoms with van der Waals surface area (Å²) in [5.74, 6) is 1.57. The van der Waals surface area contributed by atoms with Crippen molar-refractivity contribution in [2.24, 2.45) is 0 Å². The fourth-order valence-electron chi connectivity index (χ4n) is 1.86. The van der Waals surface area contributed by atoms with E-state index in [2.05, 4.69) is 9.87 Å². The van der Waals surface area contributed by atoms with E-state index >= 15 is 0 Å². The van der Waals surface area contributed by atoms with Gasteiger partial charge in [0.05, 0.1) is 31.5 Å². The summed E-state index contributed by atoms with van der Waals surface area (Å²) in [6.07, 6.45) is 1.56. The van der Waals surface area contributed by atoms with Crippen LogP contribution in [0.3, 0.4) is 0 Å². The van der Waals surface area contributed by atoms with Crippen LogP contribution in [0.4, 0.5) is 0 Å². The molecule has 0 saturated heterocycles. The number of Topliss-reactive ketones (excluding diaryl/α,β-unsaturated/α-hetero) is 1. The van der Waals surface area contributed by atoms with Crippen molar-refractivity contribution < 1.29 is 23.5 Å².